The summed E-state index contributed by atoms with van der Waals surface area (Å²) >= 11 is 0. The summed E-state index contributed by atoms with van der Waals surface area (Å²) in [6.07, 6.45) is 0.117. The van der Waals surface area contributed by atoms with E-state index in [9.17, 15) is 48.0 Å². The van der Waals surface area contributed by atoms with Gasteiger partial charge in [-0.15, -0.1) is 0 Å². The third-order valence-electron chi connectivity index (χ3n) is 9.27. The van der Waals surface area contributed by atoms with Gasteiger partial charge in [-0.1, -0.05) is 18.2 Å². The number of ketones is 2. The summed E-state index contributed by atoms with van der Waals surface area (Å²) in [6.45, 7) is 5.62. The van der Waals surface area contributed by atoms with Gasteiger partial charge in [0, 0.05) is 36.8 Å². The van der Waals surface area contributed by atoms with E-state index in [4.69, 9.17) is 10.3 Å². The molecule has 1 fully saturated rings. The summed E-state index contributed by atoms with van der Waals surface area (Å²) in [6, 6.07) is 7.83. The van der Waals surface area contributed by atoms with Crippen molar-refractivity contribution in [1.82, 2.24) is 10.2 Å². The molecule has 9 N–H and O–H groups in total. The van der Waals surface area contributed by atoms with Gasteiger partial charge in [-0.25, -0.2) is 0 Å². The molecular weight excluding hydrogens is 698 g/mol. The Balaban J connectivity index is 0.000000521. The van der Waals surface area contributed by atoms with Gasteiger partial charge in [-0.2, -0.15) is 8.42 Å². The third-order valence-corrected chi connectivity index (χ3v) is 10.1. The molecule has 2 aromatic carbocycles. The van der Waals surface area contributed by atoms with Crippen molar-refractivity contribution in [2.75, 3.05) is 45.0 Å². The molecule has 3 aliphatic rings. The van der Waals surface area contributed by atoms with Crippen LogP contribution in [-0.4, -0.2) is 114 Å². The first-order valence-corrected chi connectivity index (χ1v) is 17.7. The topological polar surface area (TPSA) is 260 Å². The van der Waals surface area contributed by atoms with Crippen LogP contribution in [0.25, 0.3) is 5.76 Å². The normalized spacial score (nSPS) is 22.9. The highest BCUT2D eigenvalue weighted by Gasteiger charge is 2.64. The average Bonchev–Trinajstić information content (AvgIpc) is 3.02. The van der Waals surface area contributed by atoms with E-state index in [1.54, 1.807) is 57.4 Å². The van der Waals surface area contributed by atoms with Gasteiger partial charge in [0.1, 0.15) is 22.8 Å². The van der Waals surface area contributed by atoms with E-state index in [1.807, 2.05) is 20.8 Å². The molecule has 0 aliphatic heterocycles. The molecule has 0 radical (unpaired) electrons. The van der Waals surface area contributed by atoms with Crippen LogP contribution in [0.4, 0.5) is 11.4 Å². The number of carbonyl (C=O) groups excluding carboxylic acids is 4. The fourth-order valence-electron chi connectivity index (χ4n) is 6.92. The lowest BCUT2D eigenvalue weighted by Gasteiger charge is -2.50. The Morgan fingerprint density at radius 3 is 2.12 bits per heavy atom. The van der Waals surface area contributed by atoms with E-state index in [1.165, 1.54) is 17.0 Å². The van der Waals surface area contributed by atoms with Crippen molar-refractivity contribution >= 4 is 50.6 Å². The fourth-order valence-corrected chi connectivity index (χ4v) is 7.42. The van der Waals surface area contributed by atoms with E-state index in [0.717, 1.165) is 0 Å². The number of phenolic OH excluding ortho intramolecular Hbond substituents is 1. The van der Waals surface area contributed by atoms with E-state index in [0.29, 0.717) is 11.3 Å². The maximum absolute atomic E-state index is 14.0. The number of nitrogens with one attached hydrogen (secondary N) is 2. The lowest BCUT2D eigenvalue weighted by Crippen LogP contribution is -2.65. The van der Waals surface area contributed by atoms with Gasteiger partial charge in [0.25, 0.3) is 16.0 Å². The predicted octanol–water partition coefficient (Wildman–Crippen LogP) is 1.29. The maximum Gasteiger partial charge on any atom is 0.294 e. The highest BCUT2D eigenvalue weighted by molar-refractivity contribution is 7.85. The van der Waals surface area contributed by atoms with Crippen LogP contribution in [0, 0.1) is 11.8 Å². The van der Waals surface area contributed by atoms with Crippen LogP contribution in [-0.2, 0) is 35.7 Å². The second-order valence-electron chi connectivity index (χ2n) is 14.4. The van der Waals surface area contributed by atoms with E-state index >= 15 is 0 Å². The number of nitrogens with zero attached hydrogens (tertiary/aromatic N) is 2. The summed E-state index contributed by atoms with van der Waals surface area (Å²) in [7, 11) is 2.58. The third kappa shape index (κ3) is 7.40. The molecule has 0 spiro atoms. The number of hydrogen-bond donors (Lipinski definition) is 8. The second kappa shape index (κ2) is 14.3. The summed E-state index contributed by atoms with van der Waals surface area (Å²) < 4.78 is 29.2. The molecule has 2 aromatic rings. The van der Waals surface area contributed by atoms with Crippen LogP contribution < -0.4 is 21.3 Å². The van der Waals surface area contributed by atoms with Gasteiger partial charge in [0.15, 0.2) is 11.4 Å². The van der Waals surface area contributed by atoms with E-state index in [2.05, 4.69) is 10.6 Å². The minimum absolute atomic E-state index is 0.00158. The zero-order chi connectivity index (χ0) is 39.2. The molecule has 17 heteroatoms. The number of aliphatic hydroxyl groups is 3. The molecular formula is C35H45N5O11S. The molecule has 3 aliphatic carbocycles. The molecule has 0 heterocycles. The van der Waals surface area contributed by atoms with Crippen LogP contribution in [0.5, 0.6) is 5.75 Å². The molecule has 1 saturated carbocycles. The van der Waals surface area contributed by atoms with Crippen LogP contribution in [0.2, 0.25) is 0 Å². The number of aromatic hydroxyl groups is 1. The van der Waals surface area contributed by atoms with Gasteiger partial charge in [0.2, 0.25) is 11.7 Å². The molecule has 52 heavy (non-hydrogen) atoms. The monoisotopic (exact) mass is 743 g/mol. The number of aliphatic hydroxyl groups excluding tert-OH is 2. The van der Waals surface area contributed by atoms with Crippen molar-refractivity contribution in [3.8, 4) is 5.75 Å². The summed E-state index contributed by atoms with van der Waals surface area (Å²) in [5, 5.41) is 51.3. The number of rotatable bonds is 7. The highest BCUT2D eigenvalue weighted by Crippen LogP contribution is 2.54. The van der Waals surface area contributed by atoms with Crippen molar-refractivity contribution in [3.63, 3.8) is 0 Å². The Bertz CT molecular complexity index is 1980. The number of benzene rings is 2. The molecule has 16 nitrogen and oxygen atoms in total. The molecule has 0 saturated heterocycles. The van der Waals surface area contributed by atoms with Crippen LogP contribution in [0.15, 0.2) is 58.2 Å². The number of carbonyl (C=O) groups is 4. The minimum atomic E-state index is -4.00. The fraction of sp³-hybridized carbons (Fsp3) is 0.429. The standard InChI is InChI=1S/C29H39N5O8.C6H6O3S/c1-28(2,3)31-11-17(35)32-15-10-16(33(4)5)13-8-12-9-14-21(34(6)7)24(38)20(27(30)41)26(40)29(14,42)25(39)18(12)23(37)19(13)22(15)36;7-10(8,9)6-4-2-1-3-5-6/h10,12,14,21,31,36-37,40,42H,8-9,11H2,1-7H3,(H2,30,41)(H,32,35);1-5H,(H,7,8,9)/t12?,14?,21-,29-;/m0./s1. The Labute approximate surface area is 301 Å². The molecule has 2 unspecified atom stereocenters. The van der Waals surface area contributed by atoms with Crippen molar-refractivity contribution in [2.45, 2.75) is 55.7 Å². The maximum atomic E-state index is 14.0. The first kappa shape index (κ1) is 40.0. The smallest absolute Gasteiger partial charge is 0.294 e. The number of likely N-dealkylation sites (N-methyl/N-ethyl adjacent to an activating group) is 1. The predicted molar refractivity (Wildman–Crippen MR) is 191 cm³/mol. The number of Topliss-reactive ketones (excluding diaryl/α,β-unsaturated/α-hetero) is 2. The Hall–Kier alpha value is -4.81. The lowest BCUT2D eigenvalue weighted by molar-refractivity contribution is -0.153. The number of amides is 2. The molecule has 0 aromatic heterocycles. The first-order valence-electron chi connectivity index (χ1n) is 16.2. The van der Waals surface area contributed by atoms with E-state index < -0.39 is 79.8 Å². The average molecular weight is 744 g/mol. The van der Waals surface area contributed by atoms with Crippen molar-refractivity contribution in [2.24, 2.45) is 17.6 Å². The summed E-state index contributed by atoms with van der Waals surface area (Å²) in [5.74, 6) is -7.79. The largest absolute Gasteiger partial charge is 0.508 e. The number of fused-ring (bicyclic) bond motifs is 3. The van der Waals surface area contributed by atoms with Gasteiger partial charge < -0.3 is 41.7 Å². The van der Waals surface area contributed by atoms with Crippen molar-refractivity contribution < 1.29 is 52.6 Å². The van der Waals surface area contributed by atoms with Gasteiger partial charge in [0.05, 0.1) is 28.7 Å². The van der Waals surface area contributed by atoms with E-state index in [-0.39, 0.29) is 46.6 Å². The number of anilines is 2. The van der Waals surface area contributed by atoms with Crippen LogP contribution in [0.1, 0.15) is 38.3 Å². The Morgan fingerprint density at radius 1 is 1.04 bits per heavy atom. The zero-order valence-electron chi connectivity index (χ0n) is 29.9. The quantitative estimate of drug-likeness (QED) is 0.113. The molecule has 2 amide bonds. The number of hydrogen-bond acceptors (Lipinski definition) is 13. The summed E-state index contributed by atoms with van der Waals surface area (Å²) in [4.78, 5) is 55.2. The van der Waals surface area contributed by atoms with Crippen molar-refractivity contribution in [3.05, 3.63) is 64.4 Å². The van der Waals surface area contributed by atoms with Crippen LogP contribution in [0.3, 0.4) is 0 Å². The molecule has 0 bridgehead atoms. The number of primary amides is 1. The molecule has 5 rings (SSSR count). The minimum Gasteiger partial charge on any atom is -0.508 e. The zero-order valence-corrected chi connectivity index (χ0v) is 30.7. The van der Waals surface area contributed by atoms with Gasteiger partial charge in [-0.05, 0) is 77.4 Å². The van der Waals surface area contributed by atoms with Gasteiger partial charge >= 0.3 is 0 Å². The lowest BCUT2D eigenvalue weighted by atomic mass is 9.57. The molecule has 282 valence electrons. The summed E-state index contributed by atoms with van der Waals surface area (Å²) in [5.41, 5.74) is 2.11. The first-order chi connectivity index (χ1) is 23.9. The van der Waals surface area contributed by atoms with Crippen LogP contribution >= 0.6 is 0 Å². The second-order valence-corrected chi connectivity index (χ2v) is 15.9. The van der Waals surface area contributed by atoms with Gasteiger partial charge in [-0.3, -0.25) is 28.6 Å². The molecule has 4 atom stereocenters. The number of phenols is 1. The number of nitrogens with two attached hydrogens (primary N) is 1. The SMILES string of the molecule is CN(C)c1cc(NC(=O)CNC(C)(C)C)c(O)c2c1CC1CC3[C@H](N(C)C)C(=O)C(C(N)=O)=C(O)[C@@]3(O)C(=O)C1=C2O.O=S(=O)(O)c1ccccc1. The van der Waals surface area contributed by atoms with Crippen molar-refractivity contribution in [1.29, 1.82) is 0 Å². The Morgan fingerprint density at radius 2 is 1.63 bits per heavy atom. The Kier molecular flexibility index (Phi) is 11.0. The highest BCUT2D eigenvalue weighted by atomic mass is 32.2.